The van der Waals surface area contributed by atoms with Crippen molar-refractivity contribution in [2.45, 2.75) is 6.92 Å². The maximum absolute atomic E-state index is 6.00. The molecule has 0 bridgehead atoms. The Hall–Kier alpha value is -1.39. The fourth-order valence-electron chi connectivity index (χ4n) is 1.69. The molecule has 0 aliphatic carbocycles. The maximum atomic E-state index is 6.00. The third kappa shape index (κ3) is 3.14. The topological polar surface area (TPSA) is 47.3 Å². The molecule has 0 heterocycles. The van der Waals surface area contributed by atoms with Gasteiger partial charge in [0.05, 0.1) is 17.8 Å². The van der Waals surface area contributed by atoms with Gasteiger partial charge in [0.15, 0.2) is 0 Å². The molecule has 3 nitrogen and oxygen atoms in total. The molecule has 0 aliphatic heterocycles. The van der Waals surface area contributed by atoms with Gasteiger partial charge in [-0.15, -0.1) is 0 Å². The Bertz CT molecular complexity index is 617. The highest BCUT2D eigenvalue weighted by Crippen LogP contribution is 2.33. The summed E-state index contributed by atoms with van der Waals surface area (Å²) in [4.78, 5) is 0. The average Bonchev–Trinajstić information content (AvgIpc) is 2.38. The van der Waals surface area contributed by atoms with Gasteiger partial charge in [-0.3, -0.25) is 0 Å². The molecule has 0 radical (unpaired) electrons. The lowest BCUT2D eigenvalue weighted by atomic mass is 10.2. The number of halogens is 2. The van der Waals surface area contributed by atoms with Gasteiger partial charge in [0.1, 0.15) is 5.75 Å². The van der Waals surface area contributed by atoms with Crippen LogP contribution in [0.1, 0.15) is 5.56 Å². The van der Waals surface area contributed by atoms with Crippen LogP contribution in [0.5, 0.6) is 5.75 Å². The number of aryl methyl sites for hydroxylation is 1. The lowest BCUT2D eigenvalue weighted by molar-refractivity contribution is 0.415. The first kappa shape index (κ1) is 14.0. The molecular formula is C14H14BrClN2O. The monoisotopic (exact) mass is 340 g/mol. The molecule has 0 spiro atoms. The highest BCUT2D eigenvalue weighted by atomic mass is 79.9. The van der Waals surface area contributed by atoms with Crippen molar-refractivity contribution in [3.8, 4) is 5.75 Å². The van der Waals surface area contributed by atoms with Crippen LogP contribution in [-0.2, 0) is 0 Å². The highest BCUT2D eigenvalue weighted by molar-refractivity contribution is 9.10. The van der Waals surface area contributed by atoms with Gasteiger partial charge in [0, 0.05) is 21.9 Å². The van der Waals surface area contributed by atoms with Crippen molar-refractivity contribution in [3.63, 3.8) is 0 Å². The summed E-state index contributed by atoms with van der Waals surface area (Å²) >= 11 is 9.49. The Morgan fingerprint density at radius 3 is 2.68 bits per heavy atom. The second-order valence-electron chi connectivity index (χ2n) is 4.16. The Morgan fingerprint density at radius 1 is 1.26 bits per heavy atom. The van der Waals surface area contributed by atoms with Gasteiger partial charge in [-0.05, 0) is 52.7 Å². The van der Waals surface area contributed by atoms with Gasteiger partial charge in [-0.2, -0.15) is 0 Å². The maximum Gasteiger partial charge on any atom is 0.139 e. The number of nitrogens with two attached hydrogens (primary N) is 1. The zero-order valence-corrected chi connectivity index (χ0v) is 13.0. The minimum atomic E-state index is 0.584. The molecule has 0 saturated carbocycles. The molecule has 0 aromatic heterocycles. The molecule has 0 aliphatic rings. The van der Waals surface area contributed by atoms with Crippen LogP contribution in [0.2, 0.25) is 5.02 Å². The highest BCUT2D eigenvalue weighted by Gasteiger charge is 2.06. The summed E-state index contributed by atoms with van der Waals surface area (Å²) in [6.07, 6.45) is 0. The number of methoxy groups -OCH3 is 1. The van der Waals surface area contributed by atoms with Crippen LogP contribution in [-0.4, -0.2) is 7.11 Å². The first-order valence-electron chi connectivity index (χ1n) is 5.67. The van der Waals surface area contributed by atoms with Crippen molar-refractivity contribution in [3.05, 3.63) is 45.4 Å². The molecule has 0 unspecified atom stereocenters. The molecule has 0 amide bonds. The quantitative estimate of drug-likeness (QED) is 0.792. The van der Waals surface area contributed by atoms with Crippen LogP contribution in [0, 0.1) is 6.92 Å². The lowest BCUT2D eigenvalue weighted by Crippen LogP contribution is -1.96. The van der Waals surface area contributed by atoms with Gasteiger partial charge < -0.3 is 15.8 Å². The van der Waals surface area contributed by atoms with Crippen molar-refractivity contribution in [2.24, 2.45) is 0 Å². The summed E-state index contributed by atoms with van der Waals surface area (Å²) in [5.74, 6) is 0.634. The van der Waals surface area contributed by atoms with Gasteiger partial charge in [-0.25, -0.2) is 0 Å². The van der Waals surface area contributed by atoms with Crippen molar-refractivity contribution in [2.75, 3.05) is 18.2 Å². The normalized spacial score (nSPS) is 10.3. The van der Waals surface area contributed by atoms with E-state index in [1.807, 2.05) is 31.2 Å². The summed E-state index contributed by atoms with van der Waals surface area (Å²) < 4.78 is 6.10. The molecule has 0 saturated heterocycles. The number of nitrogen functional groups attached to an aromatic ring is 1. The largest absolute Gasteiger partial charge is 0.495 e. The van der Waals surface area contributed by atoms with Crippen molar-refractivity contribution in [1.82, 2.24) is 0 Å². The minimum Gasteiger partial charge on any atom is -0.495 e. The fourth-order valence-corrected chi connectivity index (χ4v) is 2.34. The van der Waals surface area contributed by atoms with Crippen LogP contribution in [0.15, 0.2) is 34.8 Å². The number of hydrogen-bond donors (Lipinski definition) is 2. The van der Waals surface area contributed by atoms with Gasteiger partial charge in [-0.1, -0.05) is 11.6 Å². The molecule has 2 aromatic carbocycles. The number of ether oxygens (including phenoxy) is 1. The van der Waals surface area contributed by atoms with E-state index in [1.165, 1.54) is 0 Å². The summed E-state index contributed by atoms with van der Waals surface area (Å²) in [5.41, 5.74) is 9.46. The molecule has 2 rings (SSSR count). The van der Waals surface area contributed by atoms with E-state index in [0.29, 0.717) is 10.8 Å². The van der Waals surface area contributed by atoms with Crippen LogP contribution in [0.3, 0.4) is 0 Å². The van der Waals surface area contributed by atoms with Crippen LogP contribution in [0.25, 0.3) is 0 Å². The van der Waals surface area contributed by atoms with E-state index >= 15 is 0 Å². The lowest BCUT2D eigenvalue weighted by Gasteiger charge is -2.12. The average molecular weight is 342 g/mol. The van der Waals surface area contributed by atoms with Crippen molar-refractivity contribution in [1.29, 1.82) is 0 Å². The zero-order chi connectivity index (χ0) is 14.0. The fraction of sp³-hybridized carbons (Fsp3) is 0.143. The van der Waals surface area contributed by atoms with E-state index in [-0.39, 0.29) is 0 Å². The minimum absolute atomic E-state index is 0.584. The second kappa shape index (κ2) is 5.72. The number of hydrogen-bond acceptors (Lipinski definition) is 3. The van der Waals surface area contributed by atoms with Crippen LogP contribution < -0.4 is 15.8 Å². The molecule has 3 N–H and O–H groups in total. The van der Waals surface area contributed by atoms with E-state index in [4.69, 9.17) is 22.1 Å². The van der Waals surface area contributed by atoms with Crippen LogP contribution >= 0.6 is 27.5 Å². The molecule has 100 valence electrons. The molecule has 0 atom stereocenters. The SMILES string of the molecule is COc1cc(Nc2cc(C)c(N)cc2Br)ccc1Cl. The molecule has 5 heteroatoms. The molecule has 2 aromatic rings. The summed E-state index contributed by atoms with van der Waals surface area (Å²) in [7, 11) is 1.59. The number of nitrogens with one attached hydrogen (secondary N) is 1. The smallest absolute Gasteiger partial charge is 0.139 e. The first-order chi connectivity index (χ1) is 9.01. The molecule has 0 fully saturated rings. The third-order valence-corrected chi connectivity index (χ3v) is 3.75. The zero-order valence-electron chi connectivity index (χ0n) is 10.6. The number of anilines is 3. The van der Waals surface area contributed by atoms with Gasteiger partial charge >= 0.3 is 0 Å². The van der Waals surface area contributed by atoms with Crippen molar-refractivity contribution < 1.29 is 4.74 Å². The predicted octanol–water partition coefficient (Wildman–Crippen LogP) is 4.75. The Morgan fingerprint density at radius 2 is 2.00 bits per heavy atom. The van der Waals surface area contributed by atoms with Crippen molar-refractivity contribution >= 4 is 44.6 Å². The second-order valence-corrected chi connectivity index (χ2v) is 5.42. The summed E-state index contributed by atoms with van der Waals surface area (Å²) in [6, 6.07) is 9.40. The predicted molar refractivity (Wildman–Crippen MR) is 84.6 cm³/mol. The molecule has 19 heavy (non-hydrogen) atoms. The first-order valence-corrected chi connectivity index (χ1v) is 6.84. The number of benzene rings is 2. The van der Waals surface area contributed by atoms with E-state index in [9.17, 15) is 0 Å². The van der Waals surface area contributed by atoms with Gasteiger partial charge in [0.25, 0.3) is 0 Å². The van der Waals surface area contributed by atoms with Gasteiger partial charge in [0.2, 0.25) is 0 Å². The van der Waals surface area contributed by atoms with E-state index in [2.05, 4.69) is 21.2 Å². The third-order valence-electron chi connectivity index (χ3n) is 2.79. The van der Waals surface area contributed by atoms with Crippen LogP contribution in [0.4, 0.5) is 17.1 Å². The summed E-state index contributed by atoms with van der Waals surface area (Å²) in [5, 5.41) is 3.88. The Labute approximate surface area is 125 Å². The van der Waals surface area contributed by atoms with E-state index < -0.39 is 0 Å². The number of rotatable bonds is 3. The Kier molecular flexibility index (Phi) is 4.22. The van der Waals surface area contributed by atoms with E-state index in [1.54, 1.807) is 13.2 Å². The van der Waals surface area contributed by atoms with E-state index in [0.717, 1.165) is 27.1 Å². The summed E-state index contributed by atoms with van der Waals surface area (Å²) in [6.45, 7) is 1.97. The Balaban J connectivity index is 2.33. The molecular weight excluding hydrogens is 328 g/mol. The standard InChI is InChI=1S/C14H14BrClN2O/c1-8-5-13(10(15)7-12(8)17)18-9-3-4-11(16)14(6-9)19-2/h3-7,18H,17H2,1-2H3.